The highest BCUT2D eigenvalue weighted by molar-refractivity contribution is 7.48. The van der Waals surface area contributed by atoms with Gasteiger partial charge < -0.3 is 15.2 Å². The summed E-state index contributed by atoms with van der Waals surface area (Å²) in [6.07, 6.45) is -1.21. The molecule has 2 fully saturated rings. The minimum Gasteiger partial charge on any atom is -0.471 e. The number of nitrogens with two attached hydrogens (primary N) is 1. The van der Waals surface area contributed by atoms with Crippen molar-refractivity contribution in [3.05, 3.63) is 42.2 Å². The van der Waals surface area contributed by atoms with Crippen LogP contribution < -0.4 is 10.5 Å². The number of halogens is 1. The van der Waals surface area contributed by atoms with Crippen LogP contribution in [0.2, 0.25) is 0 Å². The largest absolute Gasteiger partial charge is 0.475 e. The molecule has 0 bridgehead atoms. The van der Waals surface area contributed by atoms with Gasteiger partial charge in [0.2, 0.25) is 11.8 Å². The highest BCUT2D eigenvalue weighted by Gasteiger charge is 2.61. The molecule has 2 aliphatic heterocycles. The molecule has 13 heteroatoms. The van der Waals surface area contributed by atoms with Gasteiger partial charge in [-0.15, -0.1) is 0 Å². The Bertz CT molecular complexity index is 1230. The van der Waals surface area contributed by atoms with Gasteiger partial charge in [-0.05, 0) is 18.9 Å². The SMILES string of the molecule is CCCOP1(=O)OC[C@H]2O[C@@H](n3cnc4c(OCc5ccccc5)nc(N)nc43)[C@](C)(F)[C@@H]2O1. The Labute approximate surface area is 195 Å². The minimum absolute atomic E-state index is 0.0645. The fourth-order valence-corrected chi connectivity index (χ4v) is 5.57. The summed E-state index contributed by atoms with van der Waals surface area (Å²) >= 11 is 0. The van der Waals surface area contributed by atoms with Crippen molar-refractivity contribution in [2.45, 2.75) is 51.0 Å². The number of nitrogens with zero attached hydrogens (tertiary/aromatic N) is 4. The molecule has 0 aliphatic carbocycles. The van der Waals surface area contributed by atoms with E-state index in [4.69, 9.17) is 28.8 Å². The van der Waals surface area contributed by atoms with Gasteiger partial charge in [-0.2, -0.15) is 9.97 Å². The van der Waals surface area contributed by atoms with Crippen molar-refractivity contribution in [3.8, 4) is 5.88 Å². The van der Waals surface area contributed by atoms with Crippen molar-refractivity contribution in [1.82, 2.24) is 19.5 Å². The van der Waals surface area contributed by atoms with E-state index < -0.39 is 31.9 Å². The van der Waals surface area contributed by atoms with Crippen molar-refractivity contribution < 1.29 is 32.0 Å². The average molecular weight is 493 g/mol. The number of rotatable bonds is 7. The molecule has 0 spiro atoms. The number of anilines is 1. The van der Waals surface area contributed by atoms with Crippen molar-refractivity contribution in [1.29, 1.82) is 0 Å². The summed E-state index contributed by atoms with van der Waals surface area (Å²) in [5, 5.41) is 0. The quantitative estimate of drug-likeness (QED) is 0.487. The maximum atomic E-state index is 16.1. The van der Waals surface area contributed by atoms with Gasteiger partial charge in [-0.3, -0.25) is 18.1 Å². The second-order valence-electron chi connectivity index (χ2n) is 8.27. The normalized spacial score (nSPS) is 31.0. The van der Waals surface area contributed by atoms with Crippen LogP contribution in [0.15, 0.2) is 36.7 Å². The Morgan fingerprint density at radius 2 is 2.12 bits per heavy atom. The van der Waals surface area contributed by atoms with Crippen LogP contribution in [0.25, 0.3) is 11.2 Å². The first-order valence-electron chi connectivity index (χ1n) is 10.9. The van der Waals surface area contributed by atoms with Gasteiger partial charge in [0.1, 0.15) is 18.8 Å². The fourth-order valence-electron chi connectivity index (χ4n) is 4.02. The maximum Gasteiger partial charge on any atom is 0.475 e. The molecule has 11 nitrogen and oxygen atoms in total. The van der Waals surface area contributed by atoms with E-state index in [1.165, 1.54) is 17.8 Å². The number of hydrogen-bond donors (Lipinski definition) is 1. The Hall–Kier alpha value is -2.63. The number of imidazole rings is 1. The first-order chi connectivity index (χ1) is 16.3. The van der Waals surface area contributed by atoms with E-state index in [9.17, 15) is 4.57 Å². The van der Waals surface area contributed by atoms with E-state index >= 15 is 4.39 Å². The van der Waals surface area contributed by atoms with Crippen LogP contribution in [0.4, 0.5) is 10.3 Å². The van der Waals surface area contributed by atoms with Crippen molar-refractivity contribution in [2.75, 3.05) is 18.9 Å². The topological polar surface area (TPSA) is 133 Å². The summed E-state index contributed by atoms with van der Waals surface area (Å²) in [5.74, 6) is 0.100. The van der Waals surface area contributed by atoms with Crippen LogP contribution in [-0.2, 0) is 29.5 Å². The van der Waals surface area contributed by atoms with Gasteiger partial charge in [-0.1, -0.05) is 37.3 Å². The molecule has 2 N–H and O–H groups in total. The van der Waals surface area contributed by atoms with Gasteiger partial charge in [0.05, 0.1) is 19.5 Å². The molecule has 182 valence electrons. The predicted octanol–water partition coefficient (Wildman–Crippen LogP) is 3.56. The second kappa shape index (κ2) is 8.86. The molecular formula is C21H25FN5O6P. The predicted molar refractivity (Wildman–Crippen MR) is 119 cm³/mol. The van der Waals surface area contributed by atoms with Gasteiger partial charge in [0.25, 0.3) is 0 Å². The lowest BCUT2D eigenvalue weighted by Crippen LogP contribution is -2.44. The molecule has 4 heterocycles. The Kier molecular flexibility index (Phi) is 6.03. The number of fused-ring (bicyclic) bond motifs is 2. The van der Waals surface area contributed by atoms with Crippen LogP contribution in [0.1, 0.15) is 32.1 Å². The number of nitrogen functional groups attached to an aromatic ring is 1. The third-order valence-corrected chi connectivity index (χ3v) is 7.10. The number of ether oxygens (including phenoxy) is 2. The monoisotopic (exact) mass is 493 g/mol. The highest BCUT2D eigenvalue weighted by atomic mass is 31.2. The number of phosphoric acid groups is 1. The number of alkyl halides is 1. The standard InChI is InChI=1S/C21H25FN5O6P/c1-3-9-30-34(28)31-11-14-16(33-34)21(2,22)19(32-14)27-12-24-15-17(27)25-20(23)26-18(15)29-10-13-7-5-4-6-8-13/h4-8,12,14,16,19H,3,9-11H2,1-2H3,(H2,23,25,26)/t14-,16-,19-,21-,34?/m1/s1. The molecule has 5 atom stereocenters. The average Bonchev–Trinajstić information content (AvgIpc) is 3.34. The molecular weight excluding hydrogens is 468 g/mol. The molecule has 1 aromatic carbocycles. The smallest absolute Gasteiger partial charge is 0.471 e. The van der Waals surface area contributed by atoms with E-state index in [2.05, 4.69) is 15.0 Å². The van der Waals surface area contributed by atoms with Crippen LogP contribution in [0.3, 0.4) is 0 Å². The molecule has 2 aromatic heterocycles. The molecule has 2 saturated heterocycles. The fraction of sp³-hybridized carbons (Fsp3) is 0.476. The van der Waals surface area contributed by atoms with Gasteiger partial charge in [0.15, 0.2) is 23.1 Å². The van der Waals surface area contributed by atoms with Crippen LogP contribution in [0.5, 0.6) is 5.88 Å². The lowest BCUT2D eigenvalue weighted by atomic mass is 9.98. The zero-order chi connectivity index (χ0) is 23.9. The van der Waals surface area contributed by atoms with E-state index in [1.807, 2.05) is 37.3 Å². The zero-order valence-electron chi connectivity index (χ0n) is 18.7. The number of benzene rings is 1. The summed E-state index contributed by atoms with van der Waals surface area (Å²) in [6.45, 7) is 3.42. The van der Waals surface area contributed by atoms with Crippen LogP contribution in [-0.4, -0.2) is 50.6 Å². The number of hydrogen-bond acceptors (Lipinski definition) is 10. The maximum absolute atomic E-state index is 16.1. The highest BCUT2D eigenvalue weighted by Crippen LogP contribution is 2.59. The molecule has 1 unspecified atom stereocenters. The van der Waals surface area contributed by atoms with Gasteiger partial charge in [-0.25, -0.2) is 13.9 Å². The van der Waals surface area contributed by atoms with Gasteiger partial charge >= 0.3 is 7.82 Å². The lowest BCUT2D eigenvalue weighted by Gasteiger charge is -2.33. The van der Waals surface area contributed by atoms with E-state index in [0.717, 1.165) is 5.56 Å². The molecule has 3 aromatic rings. The zero-order valence-corrected chi connectivity index (χ0v) is 19.6. The minimum atomic E-state index is -3.90. The second-order valence-corrected chi connectivity index (χ2v) is 9.89. The first kappa shape index (κ1) is 23.1. The molecule has 0 saturated carbocycles. The Morgan fingerprint density at radius 3 is 2.88 bits per heavy atom. The summed E-state index contributed by atoms with van der Waals surface area (Å²) in [5.41, 5.74) is 5.26. The number of aromatic nitrogens is 4. The first-order valence-corrected chi connectivity index (χ1v) is 12.4. The van der Waals surface area contributed by atoms with Crippen LogP contribution in [0, 0.1) is 0 Å². The lowest BCUT2D eigenvalue weighted by molar-refractivity contribution is -0.0706. The summed E-state index contributed by atoms with van der Waals surface area (Å²) in [4.78, 5) is 12.7. The van der Waals surface area contributed by atoms with Crippen molar-refractivity contribution >= 4 is 24.9 Å². The number of phosphoric ester groups is 1. The van der Waals surface area contributed by atoms with E-state index in [1.54, 1.807) is 0 Å². The van der Waals surface area contributed by atoms with Crippen LogP contribution >= 0.6 is 7.82 Å². The third-order valence-electron chi connectivity index (χ3n) is 5.65. The van der Waals surface area contributed by atoms with Crippen molar-refractivity contribution in [3.63, 3.8) is 0 Å². The molecule has 34 heavy (non-hydrogen) atoms. The van der Waals surface area contributed by atoms with E-state index in [0.29, 0.717) is 11.9 Å². The molecule has 2 aliphatic rings. The molecule has 0 radical (unpaired) electrons. The summed E-state index contributed by atoms with van der Waals surface area (Å²) in [6, 6.07) is 9.52. The molecule has 5 rings (SSSR count). The summed E-state index contributed by atoms with van der Waals surface area (Å²) < 4.78 is 58.0. The Morgan fingerprint density at radius 1 is 1.32 bits per heavy atom. The molecule has 0 amide bonds. The Balaban J connectivity index is 1.43. The van der Waals surface area contributed by atoms with Gasteiger partial charge in [0, 0.05) is 0 Å². The summed E-state index contributed by atoms with van der Waals surface area (Å²) in [7, 11) is -3.90. The van der Waals surface area contributed by atoms with Crippen molar-refractivity contribution in [2.24, 2.45) is 0 Å². The third kappa shape index (κ3) is 4.16. The van der Waals surface area contributed by atoms with E-state index in [-0.39, 0.29) is 37.3 Å².